The first kappa shape index (κ1) is 20.1. The summed E-state index contributed by atoms with van der Waals surface area (Å²) in [7, 11) is 0. The van der Waals surface area contributed by atoms with Gasteiger partial charge in [-0.2, -0.15) is 0 Å². The fraction of sp³-hybridized carbons (Fsp3) is 0.375. The molecule has 0 aliphatic carbocycles. The van der Waals surface area contributed by atoms with Crippen LogP contribution in [-0.4, -0.2) is 40.5 Å². The number of rotatable bonds is 5. The number of benzene rings is 1. The number of carbonyl (C=O) groups is 1. The van der Waals surface area contributed by atoms with Gasteiger partial charge in [-0.15, -0.1) is 0 Å². The zero-order chi connectivity index (χ0) is 21.1. The molecule has 0 saturated carbocycles. The lowest BCUT2D eigenvalue weighted by atomic mass is 9.98. The van der Waals surface area contributed by atoms with E-state index in [0.717, 1.165) is 54.1 Å². The van der Waals surface area contributed by atoms with Crippen molar-refractivity contribution in [2.24, 2.45) is 5.92 Å². The van der Waals surface area contributed by atoms with Gasteiger partial charge in [0.1, 0.15) is 5.75 Å². The van der Waals surface area contributed by atoms with Crippen LogP contribution in [0.1, 0.15) is 42.7 Å². The number of nitrogens with one attached hydrogen (secondary N) is 1. The molecule has 1 amide bonds. The number of aromatic nitrogens is 2. The molecule has 1 N–H and O–H groups in total. The van der Waals surface area contributed by atoms with Crippen molar-refractivity contribution >= 4 is 28.3 Å². The van der Waals surface area contributed by atoms with E-state index in [-0.39, 0.29) is 5.91 Å². The predicted octanol–water partition coefficient (Wildman–Crippen LogP) is 4.95. The summed E-state index contributed by atoms with van der Waals surface area (Å²) in [6, 6.07) is 11.7. The van der Waals surface area contributed by atoms with Gasteiger partial charge in [0.15, 0.2) is 5.65 Å². The molecule has 30 heavy (non-hydrogen) atoms. The molecule has 0 spiro atoms. The van der Waals surface area contributed by atoms with Crippen LogP contribution in [0.15, 0.2) is 42.6 Å². The van der Waals surface area contributed by atoms with Crippen molar-refractivity contribution in [3.63, 3.8) is 0 Å². The number of piperidine rings is 1. The van der Waals surface area contributed by atoms with Crippen LogP contribution in [-0.2, 0) is 0 Å². The lowest BCUT2D eigenvalue weighted by Gasteiger charge is -2.31. The van der Waals surface area contributed by atoms with E-state index in [0.29, 0.717) is 23.7 Å². The van der Waals surface area contributed by atoms with Crippen LogP contribution in [0, 0.1) is 12.8 Å². The van der Waals surface area contributed by atoms with E-state index in [1.807, 2.05) is 55.1 Å². The Kier molecular flexibility index (Phi) is 5.84. The summed E-state index contributed by atoms with van der Waals surface area (Å²) in [6.07, 6.45) is 3.73. The van der Waals surface area contributed by atoms with Crippen molar-refractivity contribution < 1.29 is 9.53 Å². The number of nitrogens with zero attached hydrogens (tertiary/aromatic N) is 3. The molecule has 2 aromatic heterocycles. The van der Waals surface area contributed by atoms with E-state index in [1.165, 1.54) is 0 Å². The molecule has 0 radical (unpaired) electrons. The Labute approximate surface area is 177 Å². The molecule has 0 atom stereocenters. The second-order valence-electron chi connectivity index (χ2n) is 7.93. The number of hydrogen-bond acceptors (Lipinski definition) is 5. The maximum atomic E-state index is 13.4. The molecule has 1 aliphatic heterocycles. The number of aryl methyl sites for hydroxylation is 1. The number of anilines is 2. The summed E-state index contributed by atoms with van der Waals surface area (Å²) in [6.45, 7) is 8.34. The molecular weight excluding hydrogens is 376 g/mol. The van der Waals surface area contributed by atoms with Gasteiger partial charge in [-0.3, -0.25) is 4.79 Å². The Hall–Kier alpha value is -3.15. The molecule has 3 aromatic rings. The van der Waals surface area contributed by atoms with Gasteiger partial charge in [0.05, 0.1) is 17.9 Å². The van der Waals surface area contributed by atoms with E-state index in [1.54, 1.807) is 6.20 Å². The highest BCUT2D eigenvalue weighted by molar-refractivity contribution is 6.07. The number of amides is 1. The largest absolute Gasteiger partial charge is 0.494 e. The normalized spacial score (nSPS) is 14.7. The number of pyridine rings is 2. The number of likely N-dealkylation sites (tertiary alicyclic amines) is 1. The Balaban J connectivity index is 1.72. The lowest BCUT2D eigenvalue weighted by Crippen LogP contribution is -2.38. The first-order chi connectivity index (χ1) is 14.5. The van der Waals surface area contributed by atoms with Crippen molar-refractivity contribution in [1.29, 1.82) is 0 Å². The number of carbonyl (C=O) groups excluding carboxylic acids is 1. The zero-order valence-electron chi connectivity index (χ0n) is 17.8. The molecule has 156 valence electrons. The maximum absolute atomic E-state index is 13.4. The number of hydrogen-bond donors (Lipinski definition) is 1. The zero-order valence-corrected chi connectivity index (χ0v) is 17.8. The first-order valence-electron chi connectivity index (χ1n) is 10.6. The van der Waals surface area contributed by atoms with E-state index < -0.39 is 0 Å². The average Bonchev–Trinajstić information content (AvgIpc) is 2.75. The highest BCUT2D eigenvalue weighted by atomic mass is 16.5. The molecule has 6 nitrogen and oxygen atoms in total. The topological polar surface area (TPSA) is 67.3 Å². The summed E-state index contributed by atoms with van der Waals surface area (Å²) >= 11 is 0. The smallest absolute Gasteiger partial charge is 0.257 e. The molecule has 1 fully saturated rings. The maximum Gasteiger partial charge on any atom is 0.257 e. The minimum atomic E-state index is 0.0188. The summed E-state index contributed by atoms with van der Waals surface area (Å²) < 4.78 is 5.54. The van der Waals surface area contributed by atoms with Crippen LogP contribution in [0.4, 0.5) is 11.4 Å². The van der Waals surface area contributed by atoms with Crippen molar-refractivity contribution in [2.45, 2.75) is 33.6 Å². The van der Waals surface area contributed by atoms with Gasteiger partial charge in [0.25, 0.3) is 5.91 Å². The summed E-state index contributed by atoms with van der Waals surface area (Å²) in [4.78, 5) is 24.3. The Morgan fingerprint density at radius 2 is 1.90 bits per heavy atom. The fourth-order valence-electron chi connectivity index (χ4n) is 3.80. The Morgan fingerprint density at radius 1 is 1.17 bits per heavy atom. The monoisotopic (exact) mass is 404 g/mol. The molecule has 0 unspecified atom stereocenters. The van der Waals surface area contributed by atoms with E-state index >= 15 is 0 Å². The third-order valence-corrected chi connectivity index (χ3v) is 5.60. The fourth-order valence-corrected chi connectivity index (χ4v) is 3.80. The summed E-state index contributed by atoms with van der Waals surface area (Å²) in [5.74, 6) is 1.50. The van der Waals surface area contributed by atoms with E-state index in [2.05, 4.69) is 22.2 Å². The summed E-state index contributed by atoms with van der Waals surface area (Å²) in [5.41, 5.74) is 3.74. The van der Waals surface area contributed by atoms with Crippen molar-refractivity contribution in [1.82, 2.24) is 14.9 Å². The number of fused-ring (bicyclic) bond motifs is 1. The molecular formula is C24H28N4O2. The van der Waals surface area contributed by atoms with Gasteiger partial charge in [-0.1, -0.05) is 6.92 Å². The van der Waals surface area contributed by atoms with Crippen LogP contribution in [0.2, 0.25) is 0 Å². The van der Waals surface area contributed by atoms with Gasteiger partial charge in [0, 0.05) is 36.1 Å². The minimum Gasteiger partial charge on any atom is -0.494 e. The average molecular weight is 405 g/mol. The predicted molar refractivity (Wildman–Crippen MR) is 119 cm³/mol. The highest BCUT2D eigenvalue weighted by Crippen LogP contribution is 2.31. The number of ether oxygens (including phenoxy) is 1. The Morgan fingerprint density at radius 3 is 2.60 bits per heavy atom. The van der Waals surface area contributed by atoms with Crippen LogP contribution < -0.4 is 10.1 Å². The van der Waals surface area contributed by atoms with Crippen molar-refractivity contribution in [2.75, 3.05) is 25.0 Å². The van der Waals surface area contributed by atoms with Gasteiger partial charge in [0.2, 0.25) is 0 Å². The highest BCUT2D eigenvalue weighted by Gasteiger charge is 2.25. The molecule has 3 heterocycles. The quantitative estimate of drug-likeness (QED) is 0.651. The third-order valence-electron chi connectivity index (χ3n) is 5.60. The van der Waals surface area contributed by atoms with Crippen LogP contribution in [0.25, 0.3) is 11.0 Å². The lowest BCUT2D eigenvalue weighted by molar-refractivity contribution is 0.0698. The second kappa shape index (κ2) is 8.69. The van der Waals surface area contributed by atoms with Crippen LogP contribution in [0.5, 0.6) is 5.75 Å². The molecule has 1 saturated heterocycles. The third kappa shape index (κ3) is 4.22. The SMILES string of the molecule is CCOc1ccc(Nc2c(C(=O)N3CCC(C)CC3)cnc3nc(C)ccc23)cc1. The van der Waals surface area contributed by atoms with E-state index in [9.17, 15) is 4.79 Å². The van der Waals surface area contributed by atoms with Gasteiger partial charge in [-0.05, 0) is 69.0 Å². The second-order valence-corrected chi connectivity index (χ2v) is 7.93. The standard InChI is InChI=1S/C24H28N4O2/c1-4-30-19-8-6-18(7-9-19)27-22-20-10-5-17(3)26-23(20)25-15-21(22)24(29)28-13-11-16(2)12-14-28/h5-10,15-16H,4,11-14H2,1-3H3,(H,25,26,27). The minimum absolute atomic E-state index is 0.0188. The van der Waals surface area contributed by atoms with Crippen molar-refractivity contribution in [3.05, 3.63) is 53.9 Å². The summed E-state index contributed by atoms with van der Waals surface area (Å²) in [5, 5.41) is 4.29. The van der Waals surface area contributed by atoms with Crippen molar-refractivity contribution in [3.8, 4) is 5.75 Å². The molecule has 1 aliphatic rings. The van der Waals surface area contributed by atoms with Gasteiger partial charge < -0.3 is 15.0 Å². The first-order valence-corrected chi connectivity index (χ1v) is 10.6. The van der Waals surface area contributed by atoms with Crippen LogP contribution in [0.3, 0.4) is 0 Å². The van der Waals surface area contributed by atoms with Crippen LogP contribution >= 0.6 is 0 Å². The molecule has 0 bridgehead atoms. The molecule has 1 aromatic carbocycles. The van der Waals surface area contributed by atoms with Gasteiger partial charge in [-0.25, -0.2) is 9.97 Å². The molecule has 4 rings (SSSR count). The van der Waals surface area contributed by atoms with Gasteiger partial charge >= 0.3 is 0 Å². The Bertz CT molecular complexity index is 1040. The molecule has 6 heteroatoms. The van der Waals surface area contributed by atoms with E-state index in [4.69, 9.17) is 4.74 Å².